The van der Waals surface area contributed by atoms with E-state index in [1.807, 2.05) is 12.1 Å². The zero-order valence-electron chi connectivity index (χ0n) is 14.0. The van der Waals surface area contributed by atoms with Crippen LogP contribution in [0.3, 0.4) is 0 Å². The van der Waals surface area contributed by atoms with Gasteiger partial charge in [-0.3, -0.25) is 4.90 Å². The first-order chi connectivity index (χ1) is 11.7. The number of rotatable bonds is 3. The van der Waals surface area contributed by atoms with E-state index in [0.29, 0.717) is 0 Å². The molecule has 0 unspecified atom stereocenters. The van der Waals surface area contributed by atoms with Gasteiger partial charge in [0.1, 0.15) is 5.82 Å². The molecule has 3 aromatic rings. The van der Waals surface area contributed by atoms with Crippen molar-refractivity contribution < 1.29 is 4.39 Å². The normalized spacial score (nSPS) is 16.0. The Bertz CT molecular complexity index is 847. The summed E-state index contributed by atoms with van der Waals surface area (Å²) >= 11 is 0. The number of aryl methyl sites for hydroxylation is 1. The monoisotopic (exact) mass is 323 g/mol. The molecule has 24 heavy (non-hydrogen) atoms. The highest BCUT2D eigenvalue weighted by molar-refractivity contribution is 5.83. The Kier molecular flexibility index (Phi) is 3.98. The molecule has 1 aromatic heterocycles. The Morgan fingerprint density at radius 2 is 1.62 bits per heavy atom. The van der Waals surface area contributed by atoms with Crippen LogP contribution in [0.4, 0.5) is 10.1 Å². The van der Waals surface area contributed by atoms with Gasteiger partial charge in [0.2, 0.25) is 0 Å². The van der Waals surface area contributed by atoms with Crippen LogP contribution in [0.5, 0.6) is 0 Å². The summed E-state index contributed by atoms with van der Waals surface area (Å²) in [5.74, 6) is -0.127. The molecule has 124 valence electrons. The number of fused-ring (bicyclic) bond motifs is 1. The summed E-state index contributed by atoms with van der Waals surface area (Å²) in [6.45, 7) is 6.66. The molecule has 0 bridgehead atoms. The smallest absolute Gasteiger partial charge is 0.146 e. The fraction of sp³-hybridized carbons (Fsp3) is 0.300. The molecule has 0 amide bonds. The van der Waals surface area contributed by atoms with Crippen molar-refractivity contribution >= 4 is 16.6 Å². The highest BCUT2D eigenvalue weighted by Crippen LogP contribution is 2.23. The maximum atomic E-state index is 13.9. The molecule has 0 spiro atoms. The average Bonchev–Trinajstić information content (AvgIpc) is 2.93. The zero-order valence-corrected chi connectivity index (χ0v) is 14.0. The summed E-state index contributed by atoms with van der Waals surface area (Å²) in [7, 11) is 0. The van der Waals surface area contributed by atoms with Gasteiger partial charge in [0.25, 0.3) is 0 Å². The maximum absolute atomic E-state index is 13.9. The molecule has 1 aliphatic rings. The summed E-state index contributed by atoms with van der Waals surface area (Å²) in [5.41, 5.74) is 3.32. The molecule has 0 radical (unpaired) electrons. The summed E-state index contributed by atoms with van der Waals surface area (Å²) < 4.78 is 16.3. The van der Waals surface area contributed by atoms with E-state index >= 15 is 0 Å². The van der Waals surface area contributed by atoms with E-state index in [1.54, 1.807) is 6.07 Å². The first-order valence-electron chi connectivity index (χ1n) is 8.49. The van der Waals surface area contributed by atoms with Gasteiger partial charge in [-0.25, -0.2) is 4.39 Å². The molecule has 1 aliphatic heterocycles. The van der Waals surface area contributed by atoms with Crippen molar-refractivity contribution in [3.63, 3.8) is 0 Å². The van der Waals surface area contributed by atoms with Crippen molar-refractivity contribution in [2.75, 3.05) is 31.1 Å². The second kappa shape index (κ2) is 6.29. The molecule has 2 aromatic carbocycles. The standard InChI is InChI=1S/C20H22FN3/c1-16-14-24(19-8-4-2-6-17(16)19)15-22-10-12-23(13-11-22)20-9-5-3-7-18(20)21/h2-9,14H,10-13,15H2,1H3. The molecule has 1 fully saturated rings. The number of para-hydroxylation sites is 2. The summed E-state index contributed by atoms with van der Waals surface area (Å²) in [4.78, 5) is 4.58. The van der Waals surface area contributed by atoms with E-state index in [4.69, 9.17) is 0 Å². The highest BCUT2D eigenvalue weighted by Gasteiger charge is 2.19. The van der Waals surface area contributed by atoms with Gasteiger partial charge in [0.05, 0.1) is 12.4 Å². The topological polar surface area (TPSA) is 11.4 Å². The van der Waals surface area contributed by atoms with Gasteiger partial charge in [0.15, 0.2) is 0 Å². The zero-order chi connectivity index (χ0) is 16.5. The summed E-state index contributed by atoms with van der Waals surface area (Å²) in [6.07, 6.45) is 2.23. The van der Waals surface area contributed by atoms with Gasteiger partial charge >= 0.3 is 0 Å². The van der Waals surface area contributed by atoms with Crippen molar-refractivity contribution in [1.82, 2.24) is 9.47 Å². The summed E-state index contributed by atoms with van der Waals surface area (Å²) in [6, 6.07) is 15.6. The third kappa shape index (κ3) is 2.78. The highest BCUT2D eigenvalue weighted by atomic mass is 19.1. The maximum Gasteiger partial charge on any atom is 0.146 e. The number of anilines is 1. The van der Waals surface area contributed by atoms with Gasteiger partial charge in [-0.15, -0.1) is 0 Å². The number of piperazine rings is 1. The molecule has 0 N–H and O–H groups in total. The SMILES string of the molecule is Cc1cn(CN2CCN(c3ccccc3F)CC2)c2ccccc12. The number of benzene rings is 2. The molecule has 0 saturated carbocycles. The molecule has 0 atom stereocenters. The van der Waals surface area contributed by atoms with Gasteiger partial charge in [-0.2, -0.15) is 0 Å². The molecule has 2 heterocycles. The number of nitrogens with zero attached hydrogens (tertiary/aromatic N) is 3. The van der Waals surface area contributed by atoms with E-state index in [0.717, 1.165) is 38.5 Å². The quantitative estimate of drug-likeness (QED) is 0.725. The Morgan fingerprint density at radius 1 is 0.917 bits per heavy atom. The lowest BCUT2D eigenvalue weighted by Gasteiger charge is -2.36. The number of halogens is 1. The van der Waals surface area contributed by atoms with E-state index in [2.05, 4.69) is 51.8 Å². The lowest BCUT2D eigenvalue weighted by atomic mass is 10.2. The molecule has 4 rings (SSSR count). The van der Waals surface area contributed by atoms with E-state index in [9.17, 15) is 4.39 Å². The van der Waals surface area contributed by atoms with Crippen molar-refractivity contribution in [3.8, 4) is 0 Å². The lowest BCUT2D eigenvalue weighted by molar-refractivity contribution is 0.209. The van der Waals surface area contributed by atoms with Crippen molar-refractivity contribution in [2.24, 2.45) is 0 Å². The Hall–Kier alpha value is -2.33. The van der Waals surface area contributed by atoms with Crippen LogP contribution in [0.25, 0.3) is 10.9 Å². The minimum Gasteiger partial charge on any atom is -0.367 e. The van der Waals surface area contributed by atoms with E-state index in [-0.39, 0.29) is 5.82 Å². The molecule has 4 heteroatoms. The van der Waals surface area contributed by atoms with Gasteiger partial charge in [0, 0.05) is 43.3 Å². The first-order valence-corrected chi connectivity index (χ1v) is 8.49. The molecular weight excluding hydrogens is 301 g/mol. The third-order valence-corrected chi connectivity index (χ3v) is 4.91. The van der Waals surface area contributed by atoms with E-state index < -0.39 is 0 Å². The minimum atomic E-state index is -0.127. The third-order valence-electron chi connectivity index (χ3n) is 4.91. The van der Waals surface area contributed by atoms with Crippen LogP contribution < -0.4 is 4.90 Å². The molecule has 1 saturated heterocycles. The van der Waals surface area contributed by atoms with Crippen LogP contribution >= 0.6 is 0 Å². The predicted octanol–water partition coefficient (Wildman–Crippen LogP) is 3.87. The van der Waals surface area contributed by atoms with Crippen LogP contribution in [0.15, 0.2) is 54.7 Å². The Morgan fingerprint density at radius 3 is 2.42 bits per heavy atom. The van der Waals surface area contributed by atoms with Crippen LogP contribution in [0, 0.1) is 12.7 Å². The molecule has 0 aliphatic carbocycles. The largest absolute Gasteiger partial charge is 0.367 e. The van der Waals surface area contributed by atoms with E-state index in [1.165, 1.54) is 22.5 Å². The van der Waals surface area contributed by atoms with Crippen molar-refractivity contribution in [2.45, 2.75) is 13.6 Å². The fourth-order valence-corrected chi connectivity index (χ4v) is 3.60. The Balaban J connectivity index is 1.46. The summed E-state index contributed by atoms with van der Waals surface area (Å²) in [5, 5.41) is 1.32. The first kappa shape index (κ1) is 15.2. The van der Waals surface area contributed by atoms with Gasteiger partial charge in [-0.05, 0) is 30.7 Å². The van der Waals surface area contributed by atoms with Crippen molar-refractivity contribution in [1.29, 1.82) is 0 Å². The minimum absolute atomic E-state index is 0.127. The van der Waals surface area contributed by atoms with Crippen LogP contribution in [-0.2, 0) is 6.67 Å². The lowest BCUT2D eigenvalue weighted by Crippen LogP contribution is -2.47. The van der Waals surface area contributed by atoms with Crippen molar-refractivity contribution in [3.05, 3.63) is 66.1 Å². The van der Waals surface area contributed by atoms with Gasteiger partial charge < -0.3 is 9.47 Å². The number of aromatic nitrogens is 1. The Labute approximate surface area is 141 Å². The predicted molar refractivity (Wildman–Crippen MR) is 96.9 cm³/mol. The average molecular weight is 323 g/mol. The second-order valence-corrected chi connectivity index (χ2v) is 6.50. The van der Waals surface area contributed by atoms with Crippen LogP contribution in [0.1, 0.15) is 5.56 Å². The van der Waals surface area contributed by atoms with Gasteiger partial charge in [-0.1, -0.05) is 30.3 Å². The molecular formula is C20H22FN3. The fourth-order valence-electron chi connectivity index (χ4n) is 3.60. The molecule has 3 nitrogen and oxygen atoms in total. The van der Waals surface area contributed by atoms with Crippen LogP contribution in [0.2, 0.25) is 0 Å². The van der Waals surface area contributed by atoms with Crippen LogP contribution in [-0.4, -0.2) is 35.6 Å². The number of hydrogen-bond acceptors (Lipinski definition) is 2. The number of hydrogen-bond donors (Lipinski definition) is 0. The second-order valence-electron chi connectivity index (χ2n) is 6.50.